The van der Waals surface area contributed by atoms with Gasteiger partial charge in [0.1, 0.15) is 0 Å². The molecule has 0 spiro atoms. The molecule has 1 unspecified atom stereocenters. The van der Waals surface area contributed by atoms with E-state index in [9.17, 15) is 0 Å². The first-order valence-corrected chi connectivity index (χ1v) is 8.46. The highest BCUT2D eigenvalue weighted by atomic mass is 35.5. The van der Waals surface area contributed by atoms with Crippen molar-refractivity contribution in [2.75, 3.05) is 46.3 Å². The lowest BCUT2D eigenvalue weighted by Gasteiger charge is -2.32. The minimum absolute atomic E-state index is 0.444. The van der Waals surface area contributed by atoms with Gasteiger partial charge < -0.3 is 10.2 Å². The van der Waals surface area contributed by atoms with Crippen molar-refractivity contribution >= 4 is 11.6 Å². The number of hydrogen-bond donors (Lipinski definition) is 1. The van der Waals surface area contributed by atoms with Gasteiger partial charge in [-0.1, -0.05) is 37.1 Å². The fourth-order valence-electron chi connectivity index (χ4n) is 2.84. The lowest BCUT2D eigenvalue weighted by molar-refractivity contribution is 0.153. The molecule has 0 aliphatic carbocycles. The van der Waals surface area contributed by atoms with Crippen molar-refractivity contribution in [1.29, 1.82) is 0 Å². The van der Waals surface area contributed by atoms with E-state index >= 15 is 0 Å². The summed E-state index contributed by atoms with van der Waals surface area (Å²) in [6, 6.07) is 8.71. The zero-order valence-electron chi connectivity index (χ0n) is 13.3. The van der Waals surface area contributed by atoms with E-state index in [4.69, 9.17) is 11.6 Å². The average molecular weight is 310 g/mol. The van der Waals surface area contributed by atoms with Crippen LogP contribution in [0, 0.1) is 0 Å². The number of piperazine rings is 1. The molecule has 21 heavy (non-hydrogen) atoms. The van der Waals surface area contributed by atoms with E-state index in [1.165, 1.54) is 44.6 Å². The summed E-state index contributed by atoms with van der Waals surface area (Å²) >= 11 is 5.98. The number of hydrogen-bond acceptors (Lipinski definition) is 3. The number of nitrogens with zero attached hydrogens (tertiary/aromatic N) is 2. The van der Waals surface area contributed by atoms with Gasteiger partial charge in [-0.2, -0.15) is 0 Å². The van der Waals surface area contributed by atoms with Gasteiger partial charge in [0.2, 0.25) is 0 Å². The molecule has 3 nitrogen and oxygen atoms in total. The maximum Gasteiger partial charge on any atom is 0.0406 e. The third-order valence-corrected chi connectivity index (χ3v) is 4.52. The second-order valence-electron chi connectivity index (χ2n) is 5.99. The van der Waals surface area contributed by atoms with Crippen LogP contribution in [0.5, 0.6) is 0 Å². The molecule has 1 aromatic carbocycles. The molecule has 1 saturated heterocycles. The van der Waals surface area contributed by atoms with Gasteiger partial charge in [-0.05, 0) is 31.2 Å². The van der Waals surface area contributed by atoms with Crippen LogP contribution in [-0.2, 0) is 0 Å². The molecular formula is C17H28ClN3. The Morgan fingerprint density at radius 3 is 2.43 bits per heavy atom. The van der Waals surface area contributed by atoms with E-state index in [0.29, 0.717) is 6.04 Å². The Morgan fingerprint density at radius 2 is 1.81 bits per heavy atom. The molecule has 0 saturated carbocycles. The van der Waals surface area contributed by atoms with Crippen molar-refractivity contribution in [3.8, 4) is 0 Å². The molecule has 1 fully saturated rings. The van der Waals surface area contributed by atoms with Crippen molar-refractivity contribution in [3.63, 3.8) is 0 Å². The van der Waals surface area contributed by atoms with Gasteiger partial charge in [0.05, 0.1) is 0 Å². The van der Waals surface area contributed by atoms with E-state index in [2.05, 4.69) is 41.2 Å². The lowest BCUT2D eigenvalue weighted by Crippen LogP contribution is -2.46. The molecule has 0 radical (unpaired) electrons. The molecule has 0 aromatic heterocycles. The maximum absolute atomic E-state index is 5.98. The summed E-state index contributed by atoms with van der Waals surface area (Å²) in [6.07, 6.45) is 2.36. The summed E-state index contributed by atoms with van der Waals surface area (Å²) < 4.78 is 0. The zero-order chi connectivity index (χ0) is 15.1. The highest BCUT2D eigenvalue weighted by Gasteiger charge is 2.14. The fraction of sp³-hybridized carbons (Fsp3) is 0.647. The number of halogens is 1. The Morgan fingerprint density at radius 1 is 1.14 bits per heavy atom. The summed E-state index contributed by atoms with van der Waals surface area (Å²) in [7, 11) is 2.20. The highest BCUT2D eigenvalue weighted by Crippen LogP contribution is 2.20. The Hall–Kier alpha value is -0.610. The first kappa shape index (κ1) is 16.8. The van der Waals surface area contributed by atoms with Gasteiger partial charge in [-0.15, -0.1) is 0 Å². The van der Waals surface area contributed by atoms with E-state index in [1.54, 1.807) is 0 Å². The van der Waals surface area contributed by atoms with Crippen LogP contribution < -0.4 is 5.32 Å². The molecule has 1 aliphatic heterocycles. The number of rotatable bonds is 7. The molecule has 0 amide bonds. The largest absolute Gasteiger partial charge is 0.309 e. The molecule has 1 atom stereocenters. The first-order chi connectivity index (χ1) is 10.2. The topological polar surface area (TPSA) is 18.5 Å². The quantitative estimate of drug-likeness (QED) is 0.835. The highest BCUT2D eigenvalue weighted by molar-refractivity contribution is 6.30. The first-order valence-electron chi connectivity index (χ1n) is 8.08. The van der Waals surface area contributed by atoms with Crippen molar-refractivity contribution in [2.45, 2.75) is 25.8 Å². The Bertz CT molecular complexity index is 399. The second kappa shape index (κ2) is 8.74. The van der Waals surface area contributed by atoms with Crippen LogP contribution in [-0.4, -0.2) is 56.1 Å². The fourth-order valence-corrected chi connectivity index (χ4v) is 2.96. The van der Waals surface area contributed by atoms with Gasteiger partial charge in [0.15, 0.2) is 0 Å². The summed E-state index contributed by atoms with van der Waals surface area (Å²) in [5.74, 6) is 0. The minimum atomic E-state index is 0.444. The number of likely N-dealkylation sites (N-methyl/N-ethyl adjacent to an activating group) is 1. The zero-order valence-corrected chi connectivity index (χ0v) is 14.1. The molecule has 1 aliphatic rings. The second-order valence-corrected chi connectivity index (χ2v) is 6.43. The minimum Gasteiger partial charge on any atom is -0.309 e. The van der Waals surface area contributed by atoms with Crippen molar-refractivity contribution in [2.24, 2.45) is 0 Å². The van der Waals surface area contributed by atoms with E-state index < -0.39 is 0 Å². The van der Waals surface area contributed by atoms with Crippen LogP contribution in [0.15, 0.2) is 24.3 Å². The lowest BCUT2D eigenvalue weighted by atomic mass is 10.0. The normalized spacial score (nSPS) is 18.8. The summed E-state index contributed by atoms with van der Waals surface area (Å²) in [5, 5.41) is 4.53. The van der Waals surface area contributed by atoms with E-state index in [0.717, 1.165) is 18.1 Å². The third kappa shape index (κ3) is 5.59. The van der Waals surface area contributed by atoms with Crippen molar-refractivity contribution < 1.29 is 0 Å². The van der Waals surface area contributed by atoms with Crippen LogP contribution >= 0.6 is 11.6 Å². The van der Waals surface area contributed by atoms with Gasteiger partial charge in [0, 0.05) is 50.3 Å². The SMILES string of the molecule is CCCC(NCCN1CCN(C)CC1)c1ccc(Cl)cc1. The summed E-state index contributed by atoms with van der Waals surface area (Å²) in [4.78, 5) is 4.95. The van der Waals surface area contributed by atoms with Gasteiger partial charge in [-0.3, -0.25) is 4.90 Å². The predicted molar refractivity (Wildman–Crippen MR) is 91.0 cm³/mol. The van der Waals surface area contributed by atoms with Crippen molar-refractivity contribution in [1.82, 2.24) is 15.1 Å². The number of benzene rings is 1. The van der Waals surface area contributed by atoms with Crippen molar-refractivity contribution in [3.05, 3.63) is 34.9 Å². The van der Waals surface area contributed by atoms with Gasteiger partial charge >= 0.3 is 0 Å². The maximum atomic E-state index is 5.98. The molecule has 0 bridgehead atoms. The average Bonchev–Trinajstić information content (AvgIpc) is 2.49. The van der Waals surface area contributed by atoms with Crippen LogP contribution in [0.4, 0.5) is 0 Å². The van der Waals surface area contributed by atoms with Gasteiger partial charge in [0.25, 0.3) is 0 Å². The van der Waals surface area contributed by atoms with E-state index in [1.807, 2.05) is 12.1 Å². The van der Waals surface area contributed by atoms with Gasteiger partial charge in [-0.25, -0.2) is 0 Å². The standard InChI is InChI=1S/C17H28ClN3/c1-3-4-17(15-5-7-16(18)8-6-15)19-9-10-21-13-11-20(2)12-14-21/h5-8,17,19H,3-4,9-14H2,1-2H3. The van der Waals surface area contributed by atoms with Crippen LogP contribution in [0.3, 0.4) is 0 Å². The molecule has 1 aromatic rings. The monoisotopic (exact) mass is 309 g/mol. The summed E-state index contributed by atoms with van der Waals surface area (Å²) in [6.45, 7) is 9.20. The molecule has 4 heteroatoms. The molecule has 1 N–H and O–H groups in total. The number of nitrogens with one attached hydrogen (secondary N) is 1. The Labute approximate surface area is 134 Å². The molecule has 1 heterocycles. The third-order valence-electron chi connectivity index (χ3n) is 4.26. The van der Waals surface area contributed by atoms with Crippen LogP contribution in [0.1, 0.15) is 31.4 Å². The smallest absolute Gasteiger partial charge is 0.0406 e. The Kier molecular flexibility index (Phi) is 6.97. The molecule has 2 rings (SSSR count). The van der Waals surface area contributed by atoms with Crippen LogP contribution in [0.2, 0.25) is 5.02 Å². The van der Waals surface area contributed by atoms with Crippen LogP contribution in [0.25, 0.3) is 0 Å². The van der Waals surface area contributed by atoms with E-state index in [-0.39, 0.29) is 0 Å². The summed E-state index contributed by atoms with van der Waals surface area (Å²) in [5.41, 5.74) is 1.35. The molecular weight excluding hydrogens is 282 g/mol. The Balaban J connectivity index is 1.78. The molecule has 118 valence electrons. The predicted octanol–water partition coefficient (Wildman–Crippen LogP) is 3.02.